The maximum absolute atomic E-state index is 5.69. The zero-order valence-electron chi connectivity index (χ0n) is 12.8. The quantitative estimate of drug-likeness (QED) is 0.360. The van der Waals surface area contributed by atoms with Crippen LogP contribution >= 0.6 is 0 Å². The smallest absolute Gasteiger partial charge is 0.282 e. The largest absolute Gasteiger partial charge is 0.328 e. The van der Waals surface area contributed by atoms with Crippen molar-refractivity contribution in [3.8, 4) is 0 Å². The summed E-state index contributed by atoms with van der Waals surface area (Å²) in [5.74, 6) is -0.803. The average molecular weight is 260 g/mol. The van der Waals surface area contributed by atoms with Gasteiger partial charge in [0.25, 0.3) is 5.97 Å². The second kappa shape index (κ2) is 11.9. The first kappa shape index (κ1) is 17.9. The topological polar surface area (TPSA) is 27.7 Å². The summed E-state index contributed by atoms with van der Waals surface area (Å²) in [6, 6.07) is 0. The van der Waals surface area contributed by atoms with Gasteiger partial charge in [-0.05, 0) is 27.2 Å². The van der Waals surface area contributed by atoms with Crippen molar-refractivity contribution in [3.05, 3.63) is 0 Å². The minimum Gasteiger partial charge on any atom is -0.328 e. The van der Waals surface area contributed by atoms with Crippen LogP contribution in [-0.4, -0.2) is 25.8 Å². The molecule has 0 bridgehead atoms. The van der Waals surface area contributed by atoms with E-state index in [2.05, 4.69) is 6.92 Å². The van der Waals surface area contributed by atoms with Crippen molar-refractivity contribution in [2.45, 2.75) is 78.6 Å². The summed E-state index contributed by atoms with van der Waals surface area (Å²) >= 11 is 0. The van der Waals surface area contributed by atoms with Crippen molar-refractivity contribution in [2.75, 3.05) is 19.8 Å². The van der Waals surface area contributed by atoms with Crippen molar-refractivity contribution < 1.29 is 14.2 Å². The van der Waals surface area contributed by atoms with E-state index in [0.29, 0.717) is 19.8 Å². The molecule has 0 aliphatic rings. The van der Waals surface area contributed by atoms with Gasteiger partial charge in [-0.3, -0.25) is 0 Å². The lowest BCUT2D eigenvalue weighted by atomic mass is 10.1. The summed E-state index contributed by atoms with van der Waals surface area (Å²) in [7, 11) is 0. The fraction of sp³-hybridized carbons (Fsp3) is 1.00. The Labute approximate surface area is 113 Å². The lowest BCUT2D eigenvalue weighted by Crippen LogP contribution is -2.39. The van der Waals surface area contributed by atoms with Crippen molar-refractivity contribution in [1.82, 2.24) is 0 Å². The molecular formula is C15H32O3. The summed E-state index contributed by atoms with van der Waals surface area (Å²) in [6.07, 6.45) is 8.43. The van der Waals surface area contributed by atoms with Crippen molar-refractivity contribution in [1.29, 1.82) is 0 Å². The van der Waals surface area contributed by atoms with Gasteiger partial charge in [-0.15, -0.1) is 0 Å². The SMILES string of the molecule is CCCCCCCCC(OCC)(OCC)OCC. The lowest BCUT2D eigenvalue weighted by molar-refractivity contribution is -0.380. The van der Waals surface area contributed by atoms with E-state index in [4.69, 9.17) is 14.2 Å². The number of hydrogen-bond donors (Lipinski definition) is 0. The zero-order valence-corrected chi connectivity index (χ0v) is 12.8. The Hall–Kier alpha value is -0.120. The minimum atomic E-state index is -0.803. The molecule has 0 aromatic heterocycles. The predicted molar refractivity (Wildman–Crippen MR) is 75.6 cm³/mol. The van der Waals surface area contributed by atoms with E-state index in [9.17, 15) is 0 Å². The Bertz CT molecular complexity index is 154. The number of unbranched alkanes of at least 4 members (excludes halogenated alkanes) is 5. The van der Waals surface area contributed by atoms with E-state index in [1.165, 1.54) is 32.1 Å². The van der Waals surface area contributed by atoms with E-state index in [-0.39, 0.29) is 0 Å². The average Bonchev–Trinajstić information content (AvgIpc) is 2.35. The molecule has 3 heteroatoms. The molecule has 0 atom stereocenters. The van der Waals surface area contributed by atoms with Gasteiger partial charge in [-0.2, -0.15) is 0 Å². The highest BCUT2D eigenvalue weighted by atomic mass is 16.9. The summed E-state index contributed by atoms with van der Waals surface area (Å²) < 4.78 is 17.1. The van der Waals surface area contributed by atoms with Gasteiger partial charge in [-0.1, -0.05) is 39.0 Å². The molecule has 0 aromatic rings. The molecule has 0 radical (unpaired) electrons. The molecule has 0 fully saturated rings. The van der Waals surface area contributed by atoms with Gasteiger partial charge in [-0.25, -0.2) is 0 Å². The number of ether oxygens (including phenoxy) is 3. The first-order chi connectivity index (χ1) is 8.74. The first-order valence-corrected chi connectivity index (χ1v) is 7.66. The normalized spacial score (nSPS) is 12.0. The number of hydrogen-bond acceptors (Lipinski definition) is 3. The monoisotopic (exact) mass is 260 g/mol. The molecule has 0 saturated carbocycles. The molecule has 0 rings (SSSR count). The number of rotatable bonds is 13. The second-order valence-electron chi connectivity index (χ2n) is 4.50. The van der Waals surface area contributed by atoms with Crippen LogP contribution in [0.25, 0.3) is 0 Å². The third-order valence-electron chi connectivity index (χ3n) is 2.93. The molecule has 3 nitrogen and oxygen atoms in total. The van der Waals surface area contributed by atoms with Crippen LogP contribution in [-0.2, 0) is 14.2 Å². The Kier molecular flexibility index (Phi) is 11.9. The van der Waals surface area contributed by atoms with Crippen LogP contribution in [0, 0.1) is 0 Å². The standard InChI is InChI=1S/C15H32O3/c1-5-9-10-11-12-13-14-15(16-6-2,17-7-3)18-8-4/h5-14H2,1-4H3. The summed E-state index contributed by atoms with van der Waals surface area (Å²) in [6.45, 7) is 10.0. The molecule has 18 heavy (non-hydrogen) atoms. The Morgan fingerprint density at radius 1 is 0.611 bits per heavy atom. The van der Waals surface area contributed by atoms with E-state index < -0.39 is 5.97 Å². The highest BCUT2D eigenvalue weighted by molar-refractivity contribution is 4.59. The lowest BCUT2D eigenvalue weighted by Gasteiger charge is -2.32. The molecule has 0 N–H and O–H groups in total. The van der Waals surface area contributed by atoms with E-state index in [1.807, 2.05) is 20.8 Å². The molecule has 0 heterocycles. The van der Waals surface area contributed by atoms with Crippen LogP contribution in [0.15, 0.2) is 0 Å². The van der Waals surface area contributed by atoms with Crippen molar-refractivity contribution in [3.63, 3.8) is 0 Å². The van der Waals surface area contributed by atoms with Crippen LogP contribution in [0.3, 0.4) is 0 Å². The molecule has 0 aliphatic heterocycles. The van der Waals surface area contributed by atoms with Crippen molar-refractivity contribution >= 4 is 0 Å². The second-order valence-corrected chi connectivity index (χ2v) is 4.50. The highest BCUT2D eigenvalue weighted by Crippen LogP contribution is 2.24. The Balaban J connectivity index is 3.97. The van der Waals surface area contributed by atoms with Gasteiger partial charge < -0.3 is 14.2 Å². The highest BCUT2D eigenvalue weighted by Gasteiger charge is 2.31. The summed E-state index contributed by atoms with van der Waals surface area (Å²) in [5.41, 5.74) is 0. The van der Waals surface area contributed by atoms with Gasteiger partial charge >= 0.3 is 0 Å². The molecule has 0 aromatic carbocycles. The van der Waals surface area contributed by atoms with Crippen LogP contribution in [0.5, 0.6) is 0 Å². The third-order valence-corrected chi connectivity index (χ3v) is 2.93. The van der Waals surface area contributed by atoms with Gasteiger partial charge in [0.1, 0.15) is 0 Å². The van der Waals surface area contributed by atoms with Crippen LogP contribution in [0.4, 0.5) is 0 Å². The fourth-order valence-corrected chi connectivity index (χ4v) is 2.12. The van der Waals surface area contributed by atoms with E-state index >= 15 is 0 Å². The minimum absolute atomic E-state index is 0.621. The first-order valence-electron chi connectivity index (χ1n) is 7.66. The molecule has 0 saturated heterocycles. The van der Waals surface area contributed by atoms with Crippen LogP contribution < -0.4 is 0 Å². The van der Waals surface area contributed by atoms with Crippen LogP contribution in [0.2, 0.25) is 0 Å². The predicted octanol–water partition coefficient (Wildman–Crippen LogP) is 4.50. The van der Waals surface area contributed by atoms with Crippen molar-refractivity contribution in [2.24, 2.45) is 0 Å². The Morgan fingerprint density at radius 3 is 1.50 bits per heavy atom. The maximum atomic E-state index is 5.69. The van der Waals surface area contributed by atoms with Gasteiger partial charge in [0.05, 0.1) is 0 Å². The molecule has 0 aliphatic carbocycles. The van der Waals surface area contributed by atoms with E-state index in [1.54, 1.807) is 0 Å². The van der Waals surface area contributed by atoms with Gasteiger partial charge in [0.15, 0.2) is 0 Å². The maximum Gasteiger partial charge on any atom is 0.282 e. The zero-order chi connectivity index (χ0) is 13.7. The van der Waals surface area contributed by atoms with Crippen LogP contribution in [0.1, 0.15) is 72.6 Å². The molecule has 0 spiro atoms. The summed E-state index contributed by atoms with van der Waals surface area (Å²) in [5, 5.41) is 0. The molecular weight excluding hydrogens is 228 g/mol. The van der Waals surface area contributed by atoms with Gasteiger partial charge in [0, 0.05) is 26.2 Å². The summed E-state index contributed by atoms with van der Waals surface area (Å²) in [4.78, 5) is 0. The molecule has 110 valence electrons. The van der Waals surface area contributed by atoms with E-state index in [0.717, 1.165) is 12.8 Å². The molecule has 0 unspecified atom stereocenters. The molecule has 0 amide bonds. The fourth-order valence-electron chi connectivity index (χ4n) is 2.12. The Morgan fingerprint density at radius 2 is 1.06 bits per heavy atom. The van der Waals surface area contributed by atoms with Gasteiger partial charge in [0.2, 0.25) is 0 Å². The third kappa shape index (κ3) is 8.06.